The summed E-state index contributed by atoms with van der Waals surface area (Å²) >= 11 is 0. The number of carbonyl (C=O) groups is 5. The minimum atomic E-state index is -2.17. The molecule has 42 heavy (non-hydrogen) atoms. The van der Waals surface area contributed by atoms with E-state index in [2.05, 4.69) is 15.6 Å². The molecule has 2 aromatic rings. The van der Waals surface area contributed by atoms with E-state index in [0.717, 1.165) is 5.56 Å². The van der Waals surface area contributed by atoms with Crippen molar-refractivity contribution >= 4 is 36.7 Å². The molecule has 2 amide bonds. The monoisotopic (exact) mass is 581 g/mol. The molecule has 0 unspecified atom stereocenters. The largest absolute Gasteiger partial charge is 0.531 e. The molecule has 0 spiro atoms. The Labute approximate surface area is 244 Å². The lowest BCUT2D eigenvalue weighted by Gasteiger charge is -2.38. The number of aliphatic carboxylic acids is 1. The van der Waals surface area contributed by atoms with Crippen molar-refractivity contribution in [2.45, 2.75) is 70.0 Å². The van der Waals surface area contributed by atoms with Gasteiger partial charge in [-0.05, 0) is 31.4 Å². The van der Waals surface area contributed by atoms with Gasteiger partial charge in [0, 0.05) is 24.8 Å². The maximum absolute atomic E-state index is 13.5. The number of ketones is 1. The second-order valence-electron chi connectivity index (χ2n) is 10.8. The normalized spacial score (nSPS) is 18.9. The third-order valence-electron chi connectivity index (χ3n) is 6.92. The number of nitrogens with one attached hydrogen (secondary N) is 2. The predicted molar refractivity (Wildman–Crippen MR) is 152 cm³/mol. The zero-order valence-corrected chi connectivity index (χ0v) is 24.0. The van der Waals surface area contributed by atoms with Crippen molar-refractivity contribution in [2.24, 2.45) is 5.92 Å². The summed E-state index contributed by atoms with van der Waals surface area (Å²) in [5, 5.41) is 25.2. The fourth-order valence-corrected chi connectivity index (χ4v) is 4.84. The van der Waals surface area contributed by atoms with Crippen molar-refractivity contribution in [3.63, 3.8) is 0 Å². The standard InChI is InChI=1S/C29H36BN3O9/c1-17(2)13-20(30-41-25(37)16-29(42-30,28(39)40)15-24(36)31-4)14-23(35)26(18(3)34)33-27(38)22-12-8-11-21(32-22)19-9-6-5-7-10-19/h5-12,17-18,20,26,34H,13-16H2,1-4H3,(H,31,36)(H,33,38)(H,39,40)/t18-,20-,26+,29-/m1/s1. The molecule has 13 heteroatoms. The van der Waals surface area contributed by atoms with Crippen LogP contribution in [0, 0.1) is 5.92 Å². The molecule has 1 aliphatic rings. The quantitative estimate of drug-likeness (QED) is 0.256. The molecule has 1 aromatic heterocycles. The molecule has 0 bridgehead atoms. The van der Waals surface area contributed by atoms with E-state index < -0.39 is 73.1 Å². The van der Waals surface area contributed by atoms with Crippen LogP contribution in [0.25, 0.3) is 11.3 Å². The van der Waals surface area contributed by atoms with Crippen LogP contribution in [0.1, 0.15) is 56.9 Å². The average Bonchev–Trinajstić information content (AvgIpc) is 2.95. The molecule has 1 fully saturated rings. The summed E-state index contributed by atoms with van der Waals surface area (Å²) in [5.74, 6) is -5.17. The number of hydrogen-bond donors (Lipinski definition) is 4. The fourth-order valence-electron chi connectivity index (χ4n) is 4.84. The maximum atomic E-state index is 13.5. The van der Waals surface area contributed by atoms with Crippen LogP contribution in [0.5, 0.6) is 0 Å². The molecule has 0 saturated carbocycles. The summed E-state index contributed by atoms with van der Waals surface area (Å²) < 4.78 is 11.1. The van der Waals surface area contributed by atoms with E-state index in [1.807, 2.05) is 44.2 Å². The van der Waals surface area contributed by atoms with Crippen LogP contribution in [0.3, 0.4) is 0 Å². The highest BCUT2D eigenvalue weighted by molar-refractivity contribution is 6.50. The highest BCUT2D eigenvalue weighted by Gasteiger charge is 2.54. The van der Waals surface area contributed by atoms with E-state index in [1.54, 1.807) is 12.1 Å². The molecule has 1 saturated heterocycles. The lowest BCUT2D eigenvalue weighted by molar-refractivity contribution is -0.172. The van der Waals surface area contributed by atoms with Crippen LogP contribution in [-0.2, 0) is 28.5 Å². The number of aliphatic hydroxyl groups excluding tert-OH is 1. The van der Waals surface area contributed by atoms with Gasteiger partial charge in [-0.1, -0.05) is 50.2 Å². The Morgan fingerprint density at radius 2 is 1.76 bits per heavy atom. The number of aromatic nitrogens is 1. The zero-order chi connectivity index (χ0) is 31.0. The topological polar surface area (TPSA) is 181 Å². The van der Waals surface area contributed by atoms with Gasteiger partial charge in [0.25, 0.3) is 11.9 Å². The van der Waals surface area contributed by atoms with Gasteiger partial charge in [0.05, 0.1) is 24.6 Å². The molecule has 2 heterocycles. The van der Waals surface area contributed by atoms with Gasteiger partial charge in [0.15, 0.2) is 11.4 Å². The van der Waals surface area contributed by atoms with Gasteiger partial charge in [0.1, 0.15) is 11.7 Å². The van der Waals surface area contributed by atoms with E-state index in [4.69, 9.17) is 9.31 Å². The lowest BCUT2D eigenvalue weighted by atomic mass is 9.63. The summed E-state index contributed by atoms with van der Waals surface area (Å²) in [6, 6.07) is 12.8. The number of amides is 2. The fraction of sp³-hybridized carbons (Fsp3) is 0.448. The number of aliphatic hydroxyl groups is 1. The third kappa shape index (κ3) is 8.23. The Hall–Kier alpha value is -4.10. The van der Waals surface area contributed by atoms with Crippen LogP contribution >= 0.6 is 0 Å². The van der Waals surface area contributed by atoms with Crippen molar-refractivity contribution < 1.29 is 43.5 Å². The first kappa shape index (κ1) is 32.4. The minimum absolute atomic E-state index is 0.0327. The van der Waals surface area contributed by atoms with Crippen LogP contribution in [-0.4, -0.2) is 76.6 Å². The molecule has 1 aromatic carbocycles. The Morgan fingerprint density at radius 3 is 2.36 bits per heavy atom. The van der Waals surface area contributed by atoms with Gasteiger partial charge >= 0.3 is 13.1 Å². The summed E-state index contributed by atoms with van der Waals surface area (Å²) in [6.45, 7) is 5.07. The van der Waals surface area contributed by atoms with Gasteiger partial charge in [-0.15, -0.1) is 0 Å². The number of nitrogens with zero attached hydrogens (tertiary/aromatic N) is 1. The SMILES string of the molecule is CNC(=O)C[C@]1(C(=O)O)CC(=O)OB([C@@H](CC(=O)[C@@H](NC(=O)c2cccc(-c3ccccc3)n2)[C@@H](C)O)CC(C)C)O1. The van der Waals surface area contributed by atoms with Crippen LogP contribution in [0.2, 0.25) is 5.82 Å². The second-order valence-corrected chi connectivity index (χ2v) is 10.8. The molecule has 4 atom stereocenters. The van der Waals surface area contributed by atoms with Crippen molar-refractivity contribution in [2.75, 3.05) is 7.05 Å². The second kappa shape index (κ2) is 14.2. The maximum Gasteiger partial charge on any atom is 0.531 e. The van der Waals surface area contributed by atoms with Gasteiger partial charge in [-0.25, -0.2) is 9.78 Å². The first-order chi connectivity index (χ1) is 19.8. The number of benzene rings is 1. The molecule has 1 aliphatic heterocycles. The van der Waals surface area contributed by atoms with E-state index in [0.29, 0.717) is 5.69 Å². The molecule has 12 nitrogen and oxygen atoms in total. The lowest BCUT2D eigenvalue weighted by Crippen LogP contribution is -2.57. The number of hydrogen-bond acceptors (Lipinski definition) is 9. The third-order valence-corrected chi connectivity index (χ3v) is 6.92. The predicted octanol–water partition coefficient (Wildman–Crippen LogP) is 2.01. The number of pyridine rings is 1. The average molecular weight is 581 g/mol. The molecule has 0 radical (unpaired) electrons. The van der Waals surface area contributed by atoms with Gasteiger partial charge < -0.3 is 30.2 Å². The van der Waals surface area contributed by atoms with Crippen LogP contribution in [0.4, 0.5) is 0 Å². The van der Waals surface area contributed by atoms with Gasteiger partial charge in [-0.2, -0.15) is 0 Å². The molecule has 224 valence electrons. The van der Waals surface area contributed by atoms with Crippen molar-refractivity contribution in [3.8, 4) is 11.3 Å². The highest BCUT2D eigenvalue weighted by Crippen LogP contribution is 2.36. The van der Waals surface area contributed by atoms with E-state index in [1.165, 1.54) is 20.0 Å². The molecule has 3 rings (SSSR count). The summed E-state index contributed by atoms with van der Waals surface area (Å²) in [6.07, 6.45) is -2.65. The molecular formula is C29H36BN3O9. The van der Waals surface area contributed by atoms with Gasteiger partial charge in [0.2, 0.25) is 5.91 Å². The number of carboxylic acids is 1. The number of carboxylic acid groups (broad SMARTS) is 1. The van der Waals surface area contributed by atoms with Crippen molar-refractivity contribution in [3.05, 3.63) is 54.2 Å². The molecule has 0 aliphatic carbocycles. The van der Waals surface area contributed by atoms with Crippen LogP contribution in [0.15, 0.2) is 48.5 Å². The molecule has 4 N–H and O–H groups in total. The summed E-state index contributed by atoms with van der Waals surface area (Å²) in [7, 11) is -0.123. The van der Waals surface area contributed by atoms with Gasteiger partial charge in [-0.3, -0.25) is 19.2 Å². The Balaban J connectivity index is 1.82. The van der Waals surface area contributed by atoms with E-state index in [-0.39, 0.29) is 24.5 Å². The highest BCUT2D eigenvalue weighted by atomic mass is 16.6. The van der Waals surface area contributed by atoms with Crippen molar-refractivity contribution in [1.82, 2.24) is 15.6 Å². The first-order valence-electron chi connectivity index (χ1n) is 13.7. The number of Topliss-reactive ketones (excluding diaryl/α,β-unsaturated/α-hetero) is 1. The Bertz CT molecular complexity index is 1300. The van der Waals surface area contributed by atoms with Crippen molar-refractivity contribution in [1.29, 1.82) is 0 Å². The first-order valence-corrected chi connectivity index (χ1v) is 13.7. The van der Waals surface area contributed by atoms with E-state index in [9.17, 15) is 34.2 Å². The van der Waals surface area contributed by atoms with Crippen LogP contribution < -0.4 is 10.6 Å². The molecular weight excluding hydrogens is 545 g/mol. The zero-order valence-electron chi connectivity index (χ0n) is 24.0. The summed E-state index contributed by atoms with van der Waals surface area (Å²) in [5.41, 5.74) is -0.789. The summed E-state index contributed by atoms with van der Waals surface area (Å²) in [4.78, 5) is 67.8. The van der Waals surface area contributed by atoms with E-state index >= 15 is 0 Å². The number of rotatable bonds is 13. The minimum Gasteiger partial charge on any atom is -0.509 e. The Kier molecular flexibility index (Phi) is 11.0. The Morgan fingerprint density at radius 1 is 1.07 bits per heavy atom. The smallest absolute Gasteiger partial charge is 0.509 e. The number of carbonyl (C=O) groups excluding carboxylic acids is 4.